The maximum absolute atomic E-state index is 12.4. The lowest BCUT2D eigenvalue weighted by molar-refractivity contribution is -0.121. The van der Waals surface area contributed by atoms with Gasteiger partial charge in [0.1, 0.15) is 0 Å². The molecule has 4 heteroatoms. The molecule has 0 unspecified atom stereocenters. The highest BCUT2D eigenvalue weighted by atomic mass is 16.5. The molecule has 1 atom stereocenters. The molecule has 29 heavy (non-hydrogen) atoms. The third-order valence-electron chi connectivity index (χ3n) is 4.90. The van der Waals surface area contributed by atoms with Crippen LogP contribution in [-0.2, 0) is 16.6 Å². The number of amides is 1. The maximum atomic E-state index is 12.4. The second-order valence-electron chi connectivity index (χ2n) is 8.31. The van der Waals surface area contributed by atoms with Gasteiger partial charge >= 0.3 is 0 Å². The molecule has 0 aromatic heterocycles. The maximum Gasteiger partial charge on any atom is 0.220 e. The van der Waals surface area contributed by atoms with Crippen LogP contribution in [0.4, 0.5) is 0 Å². The molecular formula is C25H35NO3. The molecule has 0 saturated heterocycles. The molecule has 0 bridgehead atoms. The standard InChI is InChI=1S/C25H35NO3/c1-7-28-22-15-9-19(17-23(22)29-8-2)10-16-24(27)26-18(3)20-11-13-21(14-12-20)25(4,5)6/h9,11-15,17-18H,7-8,10,16H2,1-6H3,(H,26,27)/t18-/m0/s1. The van der Waals surface area contributed by atoms with E-state index < -0.39 is 0 Å². The van der Waals surface area contributed by atoms with E-state index in [0.29, 0.717) is 26.1 Å². The number of benzene rings is 2. The van der Waals surface area contributed by atoms with Crippen molar-refractivity contribution < 1.29 is 14.3 Å². The summed E-state index contributed by atoms with van der Waals surface area (Å²) in [6, 6.07) is 14.4. The van der Waals surface area contributed by atoms with Gasteiger partial charge in [-0.25, -0.2) is 0 Å². The van der Waals surface area contributed by atoms with Crippen LogP contribution in [-0.4, -0.2) is 19.1 Å². The summed E-state index contributed by atoms with van der Waals surface area (Å²) in [6.07, 6.45) is 1.10. The van der Waals surface area contributed by atoms with Gasteiger partial charge in [0.2, 0.25) is 5.91 Å². The van der Waals surface area contributed by atoms with E-state index in [0.717, 1.165) is 22.6 Å². The van der Waals surface area contributed by atoms with Crippen LogP contribution in [0.15, 0.2) is 42.5 Å². The molecule has 2 aromatic carbocycles. The summed E-state index contributed by atoms with van der Waals surface area (Å²) in [4.78, 5) is 12.4. The van der Waals surface area contributed by atoms with Crippen molar-refractivity contribution in [2.45, 2.75) is 65.8 Å². The first-order valence-electron chi connectivity index (χ1n) is 10.5. The topological polar surface area (TPSA) is 47.6 Å². The number of hydrogen-bond acceptors (Lipinski definition) is 3. The Morgan fingerprint density at radius 1 is 0.966 bits per heavy atom. The number of carbonyl (C=O) groups is 1. The predicted octanol–water partition coefficient (Wildman–Crippen LogP) is 5.59. The molecule has 0 aliphatic carbocycles. The van der Waals surface area contributed by atoms with Gasteiger partial charge in [0, 0.05) is 6.42 Å². The molecule has 0 spiro atoms. The first-order chi connectivity index (χ1) is 13.7. The highest BCUT2D eigenvalue weighted by Gasteiger charge is 2.15. The molecule has 0 radical (unpaired) electrons. The lowest BCUT2D eigenvalue weighted by atomic mass is 9.86. The Bertz CT molecular complexity index is 791. The normalized spacial score (nSPS) is 12.3. The molecular weight excluding hydrogens is 362 g/mol. The Kier molecular flexibility index (Phi) is 8.12. The van der Waals surface area contributed by atoms with Crippen molar-refractivity contribution in [1.29, 1.82) is 0 Å². The summed E-state index contributed by atoms with van der Waals surface area (Å²) >= 11 is 0. The molecule has 4 nitrogen and oxygen atoms in total. The lowest BCUT2D eigenvalue weighted by Crippen LogP contribution is -2.26. The van der Waals surface area contributed by atoms with E-state index in [2.05, 4.69) is 50.4 Å². The summed E-state index contributed by atoms with van der Waals surface area (Å²) in [7, 11) is 0. The second kappa shape index (κ2) is 10.3. The Hall–Kier alpha value is -2.49. The number of ether oxygens (including phenoxy) is 2. The third-order valence-corrected chi connectivity index (χ3v) is 4.90. The van der Waals surface area contributed by atoms with Crippen LogP contribution in [0.5, 0.6) is 11.5 Å². The first-order valence-corrected chi connectivity index (χ1v) is 10.5. The lowest BCUT2D eigenvalue weighted by Gasteiger charge is -2.20. The van der Waals surface area contributed by atoms with Gasteiger partial charge in [-0.15, -0.1) is 0 Å². The van der Waals surface area contributed by atoms with E-state index in [4.69, 9.17) is 9.47 Å². The van der Waals surface area contributed by atoms with Gasteiger partial charge in [-0.2, -0.15) is 0 Å². The van der Waals surface area contributed by atoms with Crippen molar-refractivity contribution >= 4 is 5.91 Å². The zero-order chi connectivity index (χ0) is 21.4. The van der Waals surface area contributed by atoms with Crippen LogP contribution >= 0.6 is 0 Å². The van der Waals surface area contributed by atoms with Crippen LogP contribution in [0.1, 0.15) is 70.7 Å². The Labute approximate surface area is 175 Å². The van der Waals surface area contributed by atoms with E-state index in [1.165, 1.54) is 5.56 Å². The first kappa shape index (κ1) is 22.8. The third kappa shape index (κ3) is 6.81. The molecule has 0 heterocycles. The molecule has 0 saturated carbocycles. The van der Waals surface area contributed by atoms with E-state index in [-0.39, 0.29) is 17.4 Å². The van der Waals surface area contributed by atoms with Crippen molar-refractivity contribution in [2.24, 2.45) is 0 Å². The van der Waals surface area contributed by atoms with Crippen molar-refractivity contribution in [2.75, 3.05) is 13.2 Å². The second-order valence-corrected chi connectivity index (χ2v) is 8.31. The summed E-state index contributed by atoms with van der Waals surface area (Å²) in [6.45, 7) is 13.7. The van der Waals surface area contributed by atoms with Gasteiger partial charge in [0.25, 0.3) is 0 Å². The summed E-state index contributed by atoms with van der Waals surface area (Å²) in [5, 5.41) is 3.10. The highest BCUT2D eigenvalue weighted by Crippen LogP contribution is 2.29. The molecule has 2 aromatic rings. The van der Waals surface area contributed by atoms with Crippen LogP contribution in [0, 0.1) is 0 Å². The SMILES string of the molecule is CCOc1ccc(CCC(=O)N[C@@H](C)c2ccc(C(C)(C)C)cc2)cc1OCC. The molecule has 158 valence electrons. The smallest absolute Gasteiger partial charge is 0.220 e. The van der Waals surface area contributed by atoms with Gasteiger partial charge in [0.15, 0.2) is 11.5 Å². The summed E-state index contributed by atoms with van der Waals surface area (Å²) in [5.74, 6) is 1.53. The zero-order valence-electron chi connectivity index (χ0n) is 18.7. The van der Waals surface area contributed by atoms with Crippen molar-refractivity contribution in [3.8, 4) is 11.5 Å². The van der Waals surface area contributed by atoms with Crippen molar-refractivity contribution in [3.63, 3.8) is 0 Å². The minimum absolute atomic E-state index is 0.0177. The molecule has 0 aliphatic rings. The molecule has 0 fully saturated rings. The van der Waals surface area contributed by atoms with Crippen LogP contribution in [0.3, 0.4) is 0 Å². The van der Waals surface area contributed by atoms with Crippen LogP contribution < -0.4 is 14.8 Å². The quantitative estimate of drug-likeness (QED) is 0.600. The van der Waals surface area contributed by atoms with Crippen LogP contribution in [0.2, 0.25) is 0 Å². The van der Waals surface area contributed by atoms with Crippen molar-refractivity contribution in [1.82, 2.24) is 5.32 Å². The minimum atomic E-state index is -0.0177. The van der Waals surface area contributed by atoms with E-state index in [1.807, 2.05) is 39.0 Å². The Balaban J connectivity index is 1.93. The minimum Gasteiger partial charge on any atom is -0.490 e. The fraction of sp³-hybridized carbons (Fsp3) is 0.480. The Morgan fingerprint density at radius 3 is 2.17 bits per heavy atom. The number of nitrogens with one attached hydrogen (secondary N) is 1. The monoisotopic (exact) mass is 397 g/mol. The van der Waals surface area contributed by atoms with Gasteiger partial charge in [-0.1, -0.05) is 51.1 Å². The summed E-state index contributed by atoms with van der Waals surface area (Å²) in [5.41, 5.74) is 3.60. The highest BCUT2D eigenvalue weighted by molar-refractivity contribution is 5.76. The van der Waals surface area contributed by atoms with Gasteiger partial charge in [-0.05, 0) is 61.4 Å². The molecule has 1 N–H and O–H groups in total. The fourth-order valence-electron chi connectivity index (χ4n) is 3.18. The average molecular weight is 398 g/mol. The van der Waals surface area contributed by atoms with Gasteiger partial charge in [-0.3, -0.25) is 4.79 Å². The van der Waals surface area contributed by atoms with E-state index >= 15 is 0 Å². The molecule has 0 aliphatic heterocycles. The van der Waals surface area contributed by atoms with Crippen LogP contribution in [0.25, 0.3) is 0 Å². The number of aryl methyl sites for hydroxylation is 1. The van der Waals surface area contributed by atoms with Gasteiger partial charge in [0.05, 0.1) is 19.3 Å². The van der Waals surface area contributed by atoms with E-state index in [9.17, 15) is 4.79 Å². The molecule has 2 rings (SSSR count). The molecule has 1 amide bonds. The van der Waals surface area contributed by atoms with Crippen molar-refractivity contribution in [3.05, 3.63) is 59.2 Å². The predicted molar refractivity (Wildman–Crippen MR) is 119 cm³/mol. The Morgan fingerprint density at radius 2 is 1.59 bits per heavy atom. The number of carbonyl (C=O) groups excluding carboxylic acids is 1. The average Bonchev–Trinajstić information content (AvgIpc) is 2.68. The fourth-order valence-corrected chi connectivity index (χ4v) is 3.18. The van der Waals surface area contributed by atoms with E-state index in [1.54, 1.807) is 0 Å². The van der Waals surface area contributed by atoms with Gasteiger partial charge < -0.3 is 14.8 Å². The zero-order valence-corrected chi connectivity index (χ0v) is 18.7. The number of rotatable bonds is 9. The number of hydrogen-bond donors (Lipinski definition) is 1. The summed E-state index contributed by atoms with van der Waals surface area (Å²) < 4.78 is 11.3. The largest absolute Gasteiger partial charge is 0.490 e.